The summed E-state index contributed by atoms with van der Waals surface area (Å²) in [7, 11) is 0. The van der Waals surface area contributed by atoms with Gasteiger partial charge in [-0.2, -0.15) is 0 Å². The Hall–Kier alpha value is -1.00. The van der Waals surface area contributed by atoms with Gasteiger partial charge in [0.05, 0.1) is 11.6 Å². The van der Waals surface area contributed by atoms with Gasteiger partial charge in [0.1, 0.15) is 0 Å². The van der Waals surface area contributed by atoms with Crippen molar-refractivity contribution >= 4 is 0 Å². The Morgan fingerprint density at radius 1 is 1.28 bits per heavy atom. The van der Waals surface area contributed by atoms with Crippen molar-refractivity contribution in [2.75, 3.05) is 6.61 Å². The second-order valence-electron chi connectivity index (χ2n) is 4.68. The molecular formula is C14H21F2NO. The molecule has 4 heteroatoms. The van der Waals surface area contributed by atoms with E-state index < -0.39 is 23.3 Å². The van der Waals surface area contributed by atoms with E-state index in [0.717, 1.165) is 0 Å². The van der Waals surface area contributed by atoms with Crippen LogP contribution in [0.15, 0.2) is 12.1 Å². The molecule has 1 aromatic carbocycles. The molecule has 1 rings (SSSR count). The molecule has 0 amide bonds. The van der Waals surface area contributed by atoms with Gasteiger partial charge in [-0.05, 0) is 32.8 Å². The molecule has 0 saturated carbocycles. The summed E-state index contributed by atoms with van der Waals surface area (Å²) >= 11 is 0. The highest BCUT2D eigenvalue weighted by atomic mass is 19.2. The van der Waals surface area contributed by atoms with E-state index in [2.05, 4.69) is 0 Å². The lowest BCUT2D eigenvalue weighted by atomic mass is 9.87. The Morgan fingerprint density at radius 2 is 1.89 bits per heavy atom. The predicted octanol–water partition coefficient (Wildman–Crippen LogP) is 3.48. The maximum atomic E-state index is 13.9. The predicted molar refractivity (Wildman–Crippen MR) is 68.3 cm³/mol. The highest BCUT2D eigenvalue weighted by Gasteiger charge is 2.34. The van der Waals surface area contributed by atoms with Gasteiger partial charge >= 0.3 is 0 Å². The highest BCUT2D eigenvalue weighted by molar-refractivity contribution is 5.29. The number of benzene rings is 1. The maximum Gasteiger partial charge on any atom is 0.163 e. The lowest BCUT2D eigenvalue weighted by Crippen LogP contribution is -2.41. The summed E-state index contributed by atoms with van der Waals surface area (Å²) in [5, 5.41) is 0. The van der Waals surface area contributed by atoms with Crippen LogP contribution in [0.3, 0.4) is 0 Å². The van der Waals surface area contributed by atoms with Gasteiger partial charge in [-0.3, -0.25) is 0 Å². The lowest BCUT2D eigenvalue weighted by Gasteiger charge is -2.34. The molecule has 18 heavy (non-hydrogen) atoms. The van der Waals surface area contributed by atoms with E-state index in [-0.39, 0.29) is 11.1 Å². The average Bonchev–Trinajstić information content (AvgIpc) is 2.35. The molecule has 0 aliphatic carbocycles. The van der Waals surface area contributed by atoms with Crippen LogP contribution >= 0.6 is 0 Å². The first-order valence-corrected chi connectivity index (χ1v) is 6.21. The van der Waals surface area contributed by atoms with Crippen molar-refractivity contribution in [3.63, 3.8) is 0 Å². The van der Waals surface area contributed by atoms with Gasteiger partial charge in [-0.25, -0.2) is 8.78 Å². The molecule has 0 fully saturated rings. The summed E-state index contributed by atoms with van der Waals surface area (Å²) in [6, 6.07) is 2.37. The Morgan fingerprint density at radius 3 is 2.39 bits per heavy atom. The topological polar surface area (TPSA) is 35.2 Å². The Labute approximate surface area is 107 Å². The van der Waals surface area contributed by atoms with Crippen LogP contribution in [0.4, 0.5) is 8.78 Å². The minimum Gasteiger partial charge on any atom is -0.374 e. The number of ether oxygens (including phenoxy) is 1. The number of hydrogen-bond donors (Lipinski definition) is 1. The number of halogens is 2. The second kappa shape index (κ2) is 5.76. The van der Waals surface area contributed by atoms with Crippen LogP contribution in [-0.2, 0) is 4.74 Å². The number of rotatable bonds is 5. The molecule has 0 aromatic heterocycles. The van der Waals surface area contributed by atoms with E-state index in [1.165, 1.54) is 19.1 Å². The van der Waals surface area contributed by atoms with E-state index in [9.17, 15) is 8.78 Å². The van der Waals surface area contributed by atoms with Gasteiger partial charge in [0.2, 0.25) is 0 Å². The molecule has 2 N–H and O–H groups in total. The Balaban J connectivity index is 3.17. The van der Waals surface area contributed by atoms with Gasteiger partial charge < -0.3 is 10.5 Å². The zero-order valence-corrected chi connectivity index (χ0v) is 11.4. The number of nitrogens with two attached hydrogens (primary N) is 1. The highest BCUT2D eigenvalue weighted by Crippen LogP contribution is 2.32. The molecule has 0 spiro atoms. The van der Waals surface area contributed by atoms with Crippen LogP contribution in [0.2, 0.25) is 0 Å². The molecule has 0 aliphatic rings. The van der Waals surface area contributed by atoms with Crippen molar-refractivity contribution in [3.8, 4) is 0 Å². The monoisotopic (exact) mass is 257 g/mol. The molecule has 0 heterocycles. The van der Waals surface area contributed by atoms with Crippen molar-refractivity contribution in [3.05, 3.63) is 34.9 Å². The maximum absolute atomic E-state index is 13.9. The van der Waals surface area contributed by atoms with E-state index in [4.69, 9.17) is 10.5 Å². The molecule has 1 aromatic rings. The number of aryl methyl sites for hydroxylation is 1. The van der Waals surface area contributed by atoms with Gasteiger partial charge in [0, 0.05) is 12.2 Å². The van der Waals surface area contributed by atoms with Crippen LogP contribution in [0, 0.1) is 18.6 Å². The van der Waals surface area contributed by atoms with Crippen molar-refractivity contribution in [1.82, 2.24) is 0 Å². The van der Waals surface area contributed by atoms with Crippen molar-refractivity contribution in [1.29, 1.82) is 0 Å². The van der Waals surface area contributed by atoms with Crippen LogP contribution < -0.4 is 5.73 Å². The third-order valence-electron chi connectivity index (χ3n) is 3.47. The summed E-state index contributed by atoms with van der Waals surface area (Å²) in [4.78, 5) is 0. The van der Waals surface area contributed by atoms with Gasteiger partial charge in [0.25, 0.3) is 0 Å². The largest absolute Gasteiger partial charge is 0.374 e. The van der Waals surface area contributed by atoms with E-state index in [1.54, 1.807) is 0 Å². The summed E-state index contributed by atoms with van der Waals surface area (Å²) in [6.07, 6.45) is 0.622. The fraction of sp³-hybridized carbons (Fsp3) is 0.571. The van der Waals surface area contributed by atoms with Crippen molar-refractivity contribution in [2.45, 2.75) is 45.8 Å². The smallest absolute Gasteiger partial charge is 0.163 e. The molecule has 0 radical (unpaired) electrons. The molecule has 2 unspecified atom stereocenters. The van der Waals surface area contributed by atoms with E-state index >= 15 is 0 Å². The zero-order valence-electron chi connectivity index (χ0n) is 11.4. The third kappa shape index (κ3) is 2.70. The Kier molecular flexibility index (Phi) is 4.82. The summed E-state index contributed by atoms with van der Waals surface area (Å²) < 4.78 is 33.1. The second-order valence-corrected chi connectivity index (χ2v) is 4.68. The molecular weight excluding hydrogens is 236 g/mol. The summed E-state index contributed by atoms with van der Waals surface area (Å²) in [5.74, 6) is -1.71. The first-order valence-electron chi connectivity index (χ1n) is 6.21. The Bertz CT molecular complexity index is 423. The van der Waals surface area contributed by atoms with Crippen molar-refractivity contribution in [2.24, 2.45) is 5.73 Å². The normalized spacial score (nSPS) is 16.4. The van der Waals surface area contributed by atoms with Gasteiger partial charge in [-0.15, -0.1) is 0 Å². The zero-order chi connectivity index (χ0) is 13.9. The standard InChI is InChI=1S/C14H21F2NO/c1-5-14(4,18-6-2)13(17)10-8-7-9(3)11(15)12(10)16/h7-8,13H,5-6,17H2,1-4H3. The number of hydrogen-bond acceptors (Lipinski definition) is 2. The summed E-state index contributed by atoms with van der Waals surface area (Å²) in [6.45, 7) is 7.59. The van der Waals surface area contributed by atoms with Gasteiger partial charge in [-0.1, -0.05) is 19.1 Å². The summed E-state index contributed by atoms with van der Waals surface area (Å²) in [5.41, 5.74) is 5.80. The lowest BCUT2D eigenvalue weighted by molar-refractivity contribution is -0.0480. The SMILES string of the molecule is CCOC(C)(CC)C(N)c1ccc(C)c(F)c1F. The third-order valence-corrected chi connectivity index (χ3v) is 3.47. The first kappa shape index (κ1) is 15.1. The fourth-order valence-corrected chi connectivity index (χ4v) is 1.97. The molecule has 102 valence electrons. The minimum absolute atomic E-state index is 0.163. The van der Waals surface area contributed by atoms with Crippen LogP contribution in [0.5, 0.6) is 0 Å². The molecule has 0 bridgehead atoms. The van der Waals surface area contributed by atoms with E-state index in [1.807, 2.05) is 20.8 Å². The van der Waals surface area contributed by atoms with Crippen LogP contribution in [0.25, 0.3) is 0 Å². The first-order chi connectivity index (χ1) is 8.37. The molecule has 0 saturated heterocycles. The van der Waals surface area contributed by atoms with Crippen LogP contribution in [0.1, 0.15) is 44.4 Å². The molecule has 0 aliphatic heterocycles. The minimum atomic E-state index is -0.873. The van der Waals surface area contributed by atoms with Gasteiger partial charge in [0.15, 0.2) is 11.6 Å². The quantitative estimate of drug-likeness (QED) is 0.876. The van der Waals surface area contributed by atoms with Crippen molar-refractivity contribution < 1.29 is 13.5 Å². The average molecular weight is 257 g/mol. The molecule has 2 nitrogen and oxygen atoms in total. The van der Waals surface area contributed by atoms with E-state index in [0.29, 0.717) is 13.0 Å². The molecule has 2 atom stereocenters. The fourth-order valence-electron chi connectivity index (χ4n) is 1.97. The van der Waals surface area contributed by atoms with Crippen LogP contribution in [-0.4, -0.2) is 12.2 Å².